The highest BCUT2D eigenvalue weighted by Gasteiger charge is 2.30. The highest BCUT2D eigenvalue weighted by Crippen LogP contribution is 2.34. The van der Waals surface area contributed by atoms with Crippen molar-refractivity contribution in [2.45, 2.75) is 38.1 Å². The quantitative estimate of drug-likeness (QED) is 0.912. The van der Waals surface area contributed by atoms with Crippen molar-refractivity contribution in [1.82, 2.24) is 0 Å². The van der Waals surface area contributed by atoms with E-state index in [1.54, 1.807) is 24.0 Å². The van der Waals surface area contributed by atoms with E-state index in [1.165, 1.54) is 25.1 Å². The molecule has 2 aromatic carbocycles. The number of halogens is 1. The molecule has 1 unspecified atom stereocenters. The van der Waals surface area contributed by atoms with Crippen molar-refractivity contribution in [2.75, 3.05) is 9.62 Å². The third kappa shape index (κ3) is 3.24. The zero-order chi connectivity index (χ0) is 18.4. The molecule has 1 N–H and O–H groups in total. The number of nitrogens with one attached hydrogen (secondary N) is 1. The van der Waals surface area contributed by atoms with Crippen LogP contribution in [0, 0.1) is 12.7 Å². The molecule has 3 rings (SSSR count). The van der Waals surface area contributed by atoms with Crippen molar-refractivity contribution in [2.24, 2.45) is 0 Å². The van der Waals surface area contributed by atoms with Gasteiger partial charge in [0, 0.05) is 18.7 Å². The first kappa shape index (κ1) is 17.4. The molecule has 1 atom stereocenters. The summed E-state index contributed by atoms with van der Waals surface area (Å²) in [6, 6.07) is 8.85. The largest absolute Gasteiger partial charge is 0.309 e. The lowest BCUT2D eigenvalue weighted by Gasteiger charge is -2.20. The molecule has 0 fully saturated rings. The molecule has 0 saturated heterocycles. The van der Waals surface area contributed by atoms with Crippen LogP contribution in [0.25, 0.3) is 0 Å². The van der Waals surface area contributed by atoms with Crippen molar-refractivity contribution in [3.8, 4) is 0 Å². The maximum absolute atomic E-state index is 13.6. The second-order valence-corrected chi connectivity index (χ2v) is 7.98. The van der Waals surface area contributed by atoms with E-state index >= 15 is 0 Å². The molecule has 1 aliphatic rings. The first-order chi connectivity index (χ1) is 11.7. The van der Waals surface area contributed by atoms with Crippen molar-refractivity contribution in [3.05, 3.63) is 53.3 Å². The standard InChI is InChI=1S/C18H19FN2O3S/c1-11-4-5-15(10-17(11)19)20-25(23,24)16-6-7-18-14(9-16)8-12(2)21(18)13(3)22/h4-7,9-10,12,20H,8H2,1-3H3. The smallest absolute Gasteiger partial charge is 0.261 e. The van der Waals surface area contributed by atoms with E-state index in [1.807, 2.05) is 6.92 Å². The number of benzene rings is 2. The SMILES string of the molecule is CC(=O)N1c2ccc(S(=O)(=O)Nc3ccc(C)c(F)c3)cc2CC1C. The maximum atomic E-state index is 13.6. The maximum Gasteiger partial charge on any atom is 0.261 e. The molecule has 25 heavy (non-hydrogen) atoms. The number of aryl methyl sites for hydroxylation is 1. The zero-order valence-electron chi connectivity index (χ0n) is 14.2. The molecular weight excluding hydrogens is 343 g/mol. The molecule has 5 nitrogen and oxygen atoms in total. The van der Waals surface area contributed by atoms with Crippen LogP contribution in [0.1, 0.15) is 25.0 Å². The number of anilines is 2. The molecule has 0 radical (unpaired) electrons. The van der Waals surface area contributed by atoms with Crippen molar-refractivity contribution < 1.29 is 17.6 Å². The zero-order valence-corrected chi connectivity index (χ0v) is 15.0. The van der Waals surface area contributed by atoms with Crippen LogP contribution in [-0.2, 0) is 21.2 Å². The summed E-state index contributed by atoms with van der Waals surface area (Å²) < 4.78 is 41.2. The molecule has 0 aliphatic carbocycles. The molecule has 2 aromatic rings. The van der Waals surface area contributed by atoms with Gasteiger partial charge in [0.25, 0.3) is 10.0 Å². The van der Waals surface area contributed by atoms with Crippen LogP contribution >= 0.6 is 0 Å². The first-order valence-corrected chi connectivity index (χ1v) is 9.39. The van der Waals surface area contributed by atoms with E-state index in [0.29, 0.717) is 12.0 Å². The van der Waals surface area contributed by atoms with Crippen LogP contribution in [0.3, 0.4) is 0 Å². The van der Waals surface area contributed by atoms with Gasteiger partial charge in [-0.2, -0.15) is 0 Å². The number of amides is 1. The predicted molar refractivity (Wildman–Crippen MR) is 94.7 cm³/mol. The molecule has 1 aliphatic heterocycles. The number of nitrogens with zero attached hydrogens (tertiary/aromatic N) is 1. The highest BCUT2D eigenvalue weighted by atomic mass is 32.2. The van der Waals surface area contributed by atoms with Crippen LogP contribution in [0.5, 0.6) is 0 Å². The van der Waals surface area contributed by atoms with E-state index in [4.69, 9.17) is 0 Å². The minimum atomic E-state index is -3.84. The fraction of sp³-hybridized carbons (Fsp3) is 0.278. The minimum absolute atomic E-state index is 0.00962. The molecule has 0 saturated carbocycles. The normalized spacial score (nSPS) is 16.6. The predicted octanol–water partition coefficient (Wildman–Crippen LogP) is 3.23. The third-order valence-electron chi connectivity index (χ3n) is 4.34. The van der Waals surface area contributed by atoms with Gasteiger partial charge in [-0.25, -0.2) is 12.8 Å². The van der Waals surface area contributed by atoms with Gasteiger partial charge in [-0.15, -0.1) is 0 Å². The third-order valence-corrected chi connectivity index (χ3v) is 5.72. The van der Waals surface area contributed by atoms with Crippen LogP contribution < -0.4 is 9.62 Å². The van der Waals surface area contributed by atoms with Gasteiger partial charge < -0.3 is 4.90 Å². The first-order valence-electron chi connectivity index (χ1n) is 7.91. The Morgan fingerprint density at radius 3 is 2.60 bits per heavy atom. The summed E-state index contributed by atoms with van der Waals surface area (Å²) in [6.07, 6.45) is 0.595. The number of hydrogen-bond donors (Lipinski definition) is 1. The van der Waals surface area contributed by atoms with Crippen LogP contribution in [0.15, 0.2) is 41.3 Å². The van der Waals surface area contributed by atoms with Gasteiger partial charge in [0.2, 0.25) is 5.91 Å². The summed E-state index contributed by atoms with van der Waals surface area (Å²) in [4.78, 5) is 13.5. The Balaban J connectivity index is 1.93. The van der Waals surface area contributed by atoms with Gasteiger partial charge in [-0.1, -0.05) is 6.07 Å². The highest BCUT2D eigenvalue weighted by molar-refractivity contribution is 7.92. The van der Waals surface area contributed by atoms with Gasteiger partial charge in [0.05, 0.1) is 10.6 Å². The Morgan fingerprint density at radius 2 is 1.96 bits per heavy atom. The summed E-state index contributed by atoms with van der Waals surface area (Å²) in [5.74, 6) is -0.546. The molecule has 132 valence electrons. The lowest BCUT2D eigenvalue weighted by Crippen LogP contribution is -2.33. The van der Waals surface area contributed by atoms with Gasteiger partial charge in [0.15, 0.2) is 0 Å². The van der Waals surface area contributed by atoms with E-state index in [9.17, 15) is 17.6 Å². The lowest BCUT2D eigenvalue weighted by molar-refractivity contribution is -0.116. The van der Waals surface area contributed by atoms with Gasteiger partial charge in [0.1, 0.15) is 5.82 Å². The number of carbonyl (C=O) groups is 1. The van der Waals surface area contributed by atoms with Crippen molar-refractivity contribution in [3.63, 3.8) is 0 Å². The molecule has 1 amide bonds. The molecule has 7 heteroatoms. The van der Waals surface area contributed by atoms with E-state index in [2.05, 4.69) is 4.72 Å². The Hall–Kier alpha value is -2.41. The molecule has 0 spiro atoms. The number of hydrogen-bond acceptors (Lipinski definition) is 3. The summed E-state index contributed by atoms with van der Waals surface area (Å²) in [5, 5.41) is 0. The topological polar surface area (TPSA) is 66.5 Å². The number of sulfonamides is 1. The Bertz CT molecular complexity index is 957. The Morgan fingerprint density at radius 1 is 1.24 bits per heavy atom. The number of fused-ring (bicyclic) bond motifs is 1. The fourth-order valence-electron chi connectivity index (χ4n) is 3.12. The second kappa shape index (κ2) is 6.15. The van der Waals surface area contributed by atoms with Crippen molar-refractivity contribution >= 4 is 27.3 Å². The molecule has 0 aromatic heterocycles. The average molecular weight is 362 g/mol. The fourth-order valence-corrected chi connectivity index (χ4v) is 4.22. The summed E-state index contributed by atoms with van der Waals surface area (Å²) in [5.41, 5.74) is 2.15. The molecule has 0 bridgehead atoms. The van der Waals surface area contributed by atoms with Gasteiger partial charge in [-0.05, 0) is 61.7 Å². The Kier molecular flexibility index (Phi) is 4.28. The summed E-state index contributed by atoms with van der Waals surface area (Å²) in [6.45, 7) is 5.02. The van der Waals surface area contributed by atoms with E-state index < -0.39 is 15.8 Å². The number of rotatable bonds is 3. The Labute approximate surface area is 146 Å². The van der Waals surface area contributed by atoms with Gasteiger partial charge in [-0.3, -0.25) is 9.52 Å². The van der Waals surface area contributed by atoms with Crippen LogP contribution in [0.4, 0.5) is 15.8 Å². The molecule has 1 heterocycles. The summed E-state index contributed by atoms with van der Waals surface area (Å²) >= 11 is 0. The van der Waals surface area contributed by atoms with Crippen molar-refractivity contribution in [1.29, 1.82) is 0 Å². The molecular formula is C18H19FN2O3S. The average Bonchev–Trinajstić information content (AvgIpc) is 2.85. The number of carbonyl (C=O) groups excluding carboxylic acids is 1. The minimum Gasteiger partial charge on any atom is -0.309 e. The monoisotopic (exact) mass is 362 g/mol. The van der Waals surface area contributed by atoms with E-state index in [-0.39, 0.29) is 22.5 Å². The van der Waals surface area contributed by atoms with E-state index in [0.717, 1.165) is 17.3 Å². The van der Waals surface area contributed by atoms with Crippen LogP contribution in [0.2, 0.25) is 0 Å². The summed E-state index contributed by atoms with van der Waals surface area (Å²) in [7, 11) is -3.84. The second-order valence-electron chi connectivity index (χ2n) is 6.30. The van der Waals surface area contributed by atoms with Crippen LogP contribution in [-0.4, -0.2) is 20.4 Å². The van der Waals surface area contributed by atoms with Gasteiger partial charge >= 0.3 is 0 Å². The lowest BCUT2D eigenvalue weighted by atomic mass is 10.1.